The molecule has 0 aliphatic heterocycles. The van der Waals surface area contributed by atoms with Gasteiger partial charge in [0.05, 0.1) is 12.5 Å². The summed E-state index contributed by atoms with van der Waals surface area (Å²) in [5, 5.41) is 0. The molecule has 0 spiro atoms. The summed E-state index contributed by atoms with van der Waals surface area (Å²) in [6.07, 6.45) is 3.25. The van der Waals surface area contributed by atoms with Crippen LogP contribution in [0.4, 0.5) is 0 Å². The molecule has 1 aromatic heterocycles. The molecule has 1 aromatic rings. The Morgan fingerprint density at radius 3 is 1.83 bits per heavy atom. The van der Waals surface area contributed by atoms with Crippen molar-refractivity contribution in [3.8, 4) is 0 Å². The van der Waals surface area contributed by atoms with Gasteiger partial charge in [-0.3, -0.25) is 0 Å². The van der Waals surface area contributed by atoms with Crippen LogP contribution in [0.25, 0.3) is 0 Å². The van der Waals surface area contributed by atoms with E-state index in [9.17, 15) is 0 Å². The molecule has 0 aliphatic rings. The SMILES string of the molecule is [H-].[K+].c1ccoc1. The molecule has 0 N–H and O–H groups in total. The smallest absolute Gasteiger partial charge is 1.00 e. The van der Waals surface area contributed by atoms with E-state index in [2.05, 4.69) is 4.42 Å². The van der Waals surface area contributed by atoms with E-state index in [1.807, 2.05) is 12.1 Å². The zero-order valence-electron chi connectivity index (χ0n) is 4.72. The van der Waals surface area contributed by atoms with Crippen LogP contribution in [0.3, 0.4) is 0 Å². The first-order valence-corrected chi connectivity index (χ1v) is 1.47. The van der Waals surface area contributed by atoms with Crippen LogP contribution in [0.15, 0.2) is 29.1 Å². The number of rotatable bonds is 0. The van der Waals surface area contributed by atoms with Gasteiger partial charge in [-0.05, 0) is 12.1 Å². The van der Waals surface area contributed by atoms with E-state index in [0.29, 0.717) is 0 Å². The van der Waals surface area contributed by atoms with Crippen molar-refractivity contribution in [1.82, 2.24) is 0 Å². The van der Waals surface area contributed by atoms with Crippen molar-refractivity contribution < 1.29 is 57.2 Å². The van der Waals surface area contributed by atoms with Crippen molar-refractivity contribution in [2.75, 3.05) is 0 Å². The maximum Gasteiger partial charge on any atom is 1.00 e. The van der Waals surface area contributed by atoms with Crippen molar-refractivity contribution in [3.05, 3.63) is 24.7 Å². The third-order valence-electron chi connectivity index (χ3n) is 0.425. The zero-order valence-corrected chi connectivity index (χ0v) is 6.84. The molecule has 1 rings (SSSR count). The van der Waals surface area contributed by atoms with Crippen molar-refractivity contribution in [3.63, 3.8) is 0 Å². The Balaban J connectivity index is 0. The summed E-state index contributed by atoms with van der Waals surface area (Å²) in [5.41, 5.74) is 0. The predicted molar refractivity (Wildman–Crippen MR) is 19.8 cm³/mol. The summed E-state index contributed by atoms with van der Waals surface area (Å²) in [4.78, 5) is 0. The Kier molecular flexibility index (Phi) is 4.71. The standard InChI is InChI=1S/C4H4O.K.H/c1-2-4-5-3-1;;/h1-4H;;/q;+1;-1. The Morgan fingerprint density at radius 2 is 1.67 bits per heavy atom. The molecule has 1 nitrogen and oxygen atoms in total. The van der Waals surface area contributed by atoms with Gasteiger partial charge in [-0.2, -0.15) is 0 Å². The maximum absolute atomic E-state index is 4.58. The van der Waals surface area contributed by atoms with Gasteiger partial charge in [0.2, 0.25) is 0 Å². The van der Waals surface area contributed by atoms with Crippen LogP contribution in [0, 0.1) is 0 Å². The van der Waals surface area contributed by atoms with Crippen molar-refractivity contribution in [2.24, 2.45) is 0 Å². The molecule has 0 aliphatic carbocycles. The minimum Gasteiger partial charge on any atom is -1.00 e. The van der Waals surface area contributed by atoms with E-state index in [4.69, 9.17) is 0 Å². The van der Waals surface area contributed by atoms with Gasteiger partial charge in [0.15, 0.2) is 0 Å². The van der Waals surface area contributed by atoms with Gasteiger partial charge in [0.1, 0.15) is 0 Å². The average molecular weight is 108 g/mol. The monoisotopic (exact) mass is 108 g/mol. The van der Waals surface area contributed by atoms with Crippen LogP contribution in [-0.2, 0) is 0 Å². The van der Waals surface area contributed by atoms with Crippen LogP contribution in [-0.4, -0.2) is 0 Å². The molecule has 0 saturated carbocycles. The Labute approximate surface area is 80.6 Å². The van der Waals surface area contributed by atoms with Crippen LogP contribution >= 0.6 is 0 Å². The molecule has 0 atom stereocenters. The second-order valence-corrected chi connectivity index (χ2v) is 0.793. The van der Waals surface area contributed by atoms with Gasteiger partial charge >= 0.3 is 51.4 Å². The Morgan fingerprint density at radius 1 is 1.17 bits per heavy atom. The van der Waals surface area contributed by atoms with E-state index in [1.54, 1.807) is 12.5 Å². The molecule has 2 heteroatoms. The van der Waals surface area contributed by atoms with Gasteiger partial charge in [-0.1, -0.05) is 0 Å². The van der Waals surface area contributed by atoms with Crippen molar-refractivity contribution in [2.45, 2.75) is 0 Å². The fourth-order valence-corrected chi connectivity index (χ4v) is 0.227. The first-order chi connectivity index (χ1) is 2.50. The first kappa shape index (κ1) is 6.92. The molecule has 0 saturated heterocycles. The van der Waals surface area contributed by atoms with Crippen LogP contribution in [0.1, 0.15) is 1.43 Å². The normalized spacial score (nSPS) is 6.67. The topological polar surface area (TPSA) is 13.1 Å². The van der Waals surface area contributed by atoms with E-state index in [0.717, 1.165) is 0 Å². The minimum atomic E-state index is 0. The number of hydrogen-bond donors (Lipinski definition) is 0. The minimum absolute atomic E-state index is 0. The summed E-state index contributed by atoms with van der Waals surface area (Å²) in [5.74, 6) is 0. The zero-order chi connectivity index (χ0) is 3.54. The molecule has 1 heterocycles. The van der Waals surface area contributed by atoms with Crippen LogP contribution in [0.2, 0.25) is 0 Å². The second kappa shape index (κ2) is 4.09. The molecular weight excluding hydrogens is 103 g/mol. The third-order valence-corrected chi connectivity index (χ3v) is 0.425. The van der Waals surface area contributed by atoms with Gasteiger partial charge in [-0.15, -0.1) is 0 Å². The Hall–Kier alpha value is 0.916. The van der Waals surface area contributed by atoms with E-state index in [-0.39, 0.29) is 52.8 Å². The Bertz CT molecular complexity index is 68.2. The molecule has 28 valence electrons. The van der Waals surface area contributed by atoms with Gasteiger partial charge < -0.3 is 5.84 Å². The molecule has 6 heavy (non-hydrogen) atoms. The van der Waals surface area contributed by atoms with Crippen molar-refractivity contribution >= 4 is 0 Å². The van der Waals surface area contributed by atoms with Gasteiger partial charge in [0, 0.05) is 0 Å². The molecule has 0 unspecified atom stereocenters. The quantitative estimate of drug-likeness (QED) is 0.365. The van der Waals surface area contributed by atoms with Crippen LogP contribution in [0.5, 0.6) is 0 Å². The fraction of sp³-hybridized carbons (Fsp3) is 0. The predicted octanol–water partition coefficient (Wildman–Crippen LogP) is -1.60. The van der Waals surface area contributed by atoms with Gasteiger partial charge in [-0.25, -0.2) is 0 Å². The summed E-state index contributed by atoms with van der Waals surface area (Å²) in [7, 11) is 0. The second-order valence-electron chi connectivity index (χ2n) is 0.793. The third kappa shape index (κ3) is 2.15. The van der Waals surface area contributed by atoms with E-state index < -0.39 is 0 Å². The fourth-order valence-electron chi connectivity index (χ4n) is 0.227. The van der Waals surface area contributed by atoms with Crippen LogP contribution < -0.4 is 51.4 Å². The summed E-state index contributed by atoms with van der Waals surface area (Å²) >= 11 is 0. The largest absolute Gasteiger partial charge is 1.00 e. The van der Waals surface area contributed by atoms with Gasteiger partial charge in [0.25, 0.3) is 0 Å². The average Bonchev–Trinajstić information content (AvgIpc) is 1.76. The molecule has 0 fully saturated rings. The van der Waals surface area contributed by atoms with Crippen molar-refractivity contribution in [1.29, 1.82) is 0 Å². The molecular formula is C4H5KO. The molecule has 0 radical (unpaired) electrons. The maximum atomic E-state index is 4.58. The molecule has 0 aromatic carbocycles. The number of hydrogen-bond acceptors (Lipinski definition) is 1. The summed E-state index contributed by atoms with van der Waals surface area (Å²) < 4.78 is 4.58. The van der Waals surface area contributed by atoms with E-state index >= 15 is 0 Å². The van der Waals surface area contributed by atoms with E-state index in [1.165, 1.54) is 0 Å². The number of furan rings is 1. The summed E-state index contributed by atoms with van der Waals surface area (Å²) in [6, 6.07) is 3.67. The molecule has 0 amide bonds. The summed E-state index contributed by atoms with van der Waals surface area (Å²) in [6.45, 7) is 0. The first-order valence-electron chi connectivity index (χ1n) is 1.47. The molecule has 0 bridgehead atoms.